The van der Waals surface area contributed by atoms with Crippen LogP contribution >= 0.6 is 12.2 Å². The van der Waals surface area contributed by atoms with Crippen molar-refractivity contribution in [2.75, 3.05) is 0 Å². The van der Waals surface area contributed by atoms with Gasteiger partial charge in [-0.1, -0.05) is 13.0 Å². The molecular formula is C9H18N2OS. The Morgan fingerprint density at radius 1 is 1.85 bits per heavy atom. The summed E-state index contributed by atoms with van der Waals surface area (Å²) in [6.45, 7) is 2.03. The third-order valence-corrected chi connectivity index (χ3v) is 2.46. The molecule has 0 saturated heterocycles. The lowest BCUT2D eigenvalue weighted by atomic mass is 9.99. The molecule has 0 aromatic rings. The van der Waals surface area contributed by atoms with Gasteiger partial charge in [-0.2, -0.15) is 0 Å². The van der Waals surface area contributed by atoms with Gasteiger partial charge in [0.2, 0.25) is 0 Å². The normalized spacial score (nSPS) is 28.9. The summed E-state index contributed by atoms with van der Waals surface area (Å²) in [6, 6.07) is 0. The number of hydrogen-bond acceptors (Lipinski definition) is 2. The van der Waals surface area contributed by atoms with Crippen molar-refractivity contribution in [3.63, 3.8) is 0 Å². The Balaban J connectivity index is 0.00000169. The van der Waals surface area contributed by atoms with E-state index < -0.39 is 6.10 Å². The fraction of sp³-hybridized carbons (Fsp3) is 0.667. The van der Waals surface area contributed by atoms with Gasteiger partial charge in [0.15, 0.2) is 5.11 Å². The van der Waals surface area contributed by atoms with Crippen LogP contribution in [0.25, 0.3) is 0 Å². The lowest BCUT2D eigenvalue weighted by molar-refractivity contribution is 0.143. The summed E-state index contributed by atoms with van der Waals surface area (Å²) < 4.78 is 0. The smallest absolute Gasteiger partial charge is 0.167 e. The molecule has 1 aliphatic rings. The molecule has 0 aromatic heterocycles. The zero-order valence-corrected chi connectivity index (χ0v) is 8.60. The summed E-state index contributed by atoms with van der Waals surface area (Å²) in [7, 11) is 0. The fourth-order valence-electron chi connectivity index (χ4n) is 1.55. The Labute approximate surface area is 85.5 Å². The van der Waals surface area contributed by atoms with Crippen molar-refractivity contribution < 1.29 is 6.53 Å². The van der Waals surface area contributed by atoms with Crippen molar-refractivity contribution in [1.29, 1.82) is 0 Å². The van der Waals surface area contributed by atoms with Gasteiger partial charge < -0.3 is 16.2 Å². The fourth-order valence-corrected chi connectivity index (χ4v) is 1.67. The summed E-state index contributed by atoms with van der Waals surface area (Å²) in [5, 5.41) is 12.9. The van der Waals surface area contributed by atoms with Gasteiger partial charge in [0.25, 0.3) is 0 Å². The van der Waals surface area contributed by atoms with Gasteiger partial charge in [0, 0.05) is 7.12 Å². The molecule has 13 heavy (non-hydrogen) atoms. The molecule has 0 heterocycles. The minimum atomic E-state index is -0.455. The molecule has 76 valence electrons. The highest BCUT2D eigenvalue weighted by atomic mass is 32.1. The van der Waals surface area contributed by atoms with Crippen molar-refractivity contribution in [3.05, 3.63) is 11.8 Å². The van der Waals surface area contributed by atoms with Crippen LogP contribution in [0.1, 0.15) is 27.6 Å². The Kier molecular flexibility index (Phi) is 3.69. The average Bonchev–Trinajstić information content (AvgIpc) is 2.19. The van der Waals surface area contributed by atoms with E-state index >= 15 is 0 Å². The second-order valence-corrected chi connectivity index (χ2v) is 3.94. The quantitative estimate of drug-likeness (QED) is 0.558. The van der Waals surface area contributed by atoms with Crippen LogP contribution in [0.5, 0.6) is 0 Å². The molecule has 0 spiro atoms. The minimum Gasteiger partial charge on any atom is -0.387 e. The predicted molar refractivity (Wildman–Crippen MR) is 59.1 cm³/mol. The lowest BCUT2D eigenvalue weighted by Gasteiger charge is -2.19. The Bertz CT molecular complexity index is 233. The van der Waals surface area contributed by atoms with Crippen LogP contribution in [-0.2, 0) is 0 Å². The number of thiocarbonyl (C=S) groups is 1. The molecule has 0 bridgehead atoms. The van der Waals surface area contributed by atoms with Crippen LogP contribution < -0.4 is 11.1 Å². The van der Waals surface area contributed by atoms with E-state index in [2.05, 4.69) is 5.32 Å². The van der Waals surface area contributed by atoms with Crippen LogP contribution in [-0.4, -0.2) is 16.3 Å². The van der Waals surface area contributed by atoms with E-state index in [1.165, 1.54) is 0 Å². The maximum Gasteiger partial charge on any atom is 0.167 e. The van der Waals surface area contributed by atoms with Gasteiger partial charge in [-0.3, -0.25) is 0 Å². The van der Waals surface area contributed by atoms with Crippen molar-refractivity contribution in [2.45, 2.75) is 32.3 Å². The minimum absolute atomic E-state index is 0. The van der Waals surface area contributed by atoms with E-state index in [-0.39, 0.29) is 12.5 Å². The number of aliphatic hydroxyl groups excluding tert-OH is 1. The van der Waals surface area contributed by atoms with Crippen molar-refractivity contribution in [1.82, 2.24) is 5.32 Å². The zero-order valence-electron chi connectivity index (χ0n) is 7.79. The highest BCUT2D eigenvalue weighted by Crippen LogP contribution is 2.21. The Hall–Kier alpha value is -0.610. The van der Waals surface area contributed by atoms with E-state index in [1.54, 1.807) is 0 Å². The average molecular weight is 202 g/mol. The molecule has 0 saturated carbocycles. The number of nitrogens with one attached hydrogen (secondary N) is 1. The third-order valence-electron chi connectivity index (χ3n) is 2.35. The summed E-state index contributed by atoms with van der Waals surface area (Å²) in [6.07, 6.45) is 4.66. The molecule has 1 aliphatic carbocycles. The van der Waals surface area contributed by atoms with Gasteiger partial charge in [-0.15, -0.1) is 0 Å². The van der Waals surface area contributed by atoms with Gasteiger partial charge in [-0.05, 0) is 37.4 Å². The number of nitrogens with two attached hydrogens (primary N) is 1. The highest BCUT2D eigenvalue weighted by molar-refractivity contribution is 7.80. The Morgan fingerprint density at radius 3 is 3.15 bits per heavy atom. The Morgan fingerprint density at radius 2 is 2.54 bits per heavy atom. The van der Waals surface area contributed by atoms with Gasteiger partial charge in [-0.25, -0.2) is 0 Å². The number of hydrogen-bond donors (Lipinski definition) is 3. The molecule has 1 rings (SSSR count). The van der Waals surface area contributed by atoms with Crippen LogP contribution in [0.2, 0.25) is 0 Å². The molecule has 2 atom stereocenters. The first kappa shape index (κ1) is 10.5. The maximum atomic E-state index is 9.82. The van der Waals surface area contributed by atoms with Crippen molar-refractivity contribution >= 4 is 17.3 Å². The van der Waals surface area contributed by atoms with Gasteiger partial charge >= 0.3 is 0 Å². The summed E-state index contributed by atoms with van der Waals surface area (Å²) >= 11 is 4.73. The number of aliphatic hydroxyl groups is 1. The maximum absolute atomic E-state index is 9.82. The first-order chi connectivity index (χ1) is 6.11. The molecule has 0 aliphatic heterocycles. The van der Waals surface area contributed by atoms with Gasteiger partial charge in [0.05, 0.1) is 6.10 Å². The molecular weight excluding hydrogens is 184 g/mol. The molecule has 0 aromatic carbocycles. The predicted octanol–water partition coefficient (Wildman–Crippen LogP) is 1.13. The molecule has 0 radical (unpaired) electrons. The monoisotopic (exact) mass is 202 g/mol. The number of rotatable bonds is 1. The van der Waals surface area contributed by atoms with E-state index in [9.17, 15) is 5.11 Å². The first-order valence-electron chi connectivity index (χ1n) is 4.56. The summed E-state index contributed by atoms with van der Waals surface area (Å²) in [4.78, 5) is 0. The van der Waals surface area contributed by atoms with E-state index in [4.69, 9.17) is 18.0 Å². The third kappa shape index (κ3) is 2.97. The second kappa shape index (κ2) is 4.58. The molecule has 3 nitrogen and oxygen atoms in total. The van der Waals surface area contributed by atoms with Crippen molar-refractivity contribution in [2.24, 2.45) is 11.7 Å². The SMILES string of the molecule is CC1CCCC=C(NC(N)=S)C1O.[HH]. The first-order valence-corrected chi connectivity index (χ1v) is 4.96. The molecule has 4 N–H and O–H groups in total. The van der Waals surface area contributed by atoms with Crippen LogP contribution in [0.4, 0.5) is 0 Å². The standard InChI is InChI=1S/C9H16N2OS.H2/c1-6-4-2-3-5-7(8(6)12)11-9(10)13;/h5-6,8,12H,2-4H2,1H3,(H3,10,11,13);1H. The molecule has 0 amide bonds. The van der Waals surface area contributed by atoms with Crippen molar-refractivity contribution in [3.8, 4) is 0 Å². The number of allylic oxidation sites excluding steroid dienone is 1. The highest BCUT2D eigenvalue weighted by Gasteiger charge is 2.20. The molecule has 0 fully saturated rings. The second-order valence-electron chi connectivity index (χ2n) is 3.50. The van der Waals surface area contributed by atoms with Crippen LogP contribution in [0.3, 0.4) is 0 Å². The summed E-state index contributed by atoms with van der Waals surface area (Å²) in [5.74, 6) is 0.274. The van der Waals surface area contributed by atoms with Crippen LogP contribution in [0.15, 0.2) is 11.8 Å². The topological polar surface area (TPSA) is 58.3 Å². The van der Waals surface area contributed by atoms with Gasteiger partial charge in [0.1, 0.15) is 0 Å². The van der Waals surface area contributed by atoms with Crippen LogP contribution in [0, 0.1) is 5.92 Å². The summed E-state index contributed by atoms with van der Waals surface area (Å²) in [5.41, 5.74) is 6.11. The van der Waals surface area contributed by atoms with E-state index in [0.29, 0.717) is 0 Å². The molecule has 2 unspecified atom stereocenters. The lowest BCUT2D eigenvalue weighted by Crippen LogP contribution is -2.35. The van der Waals surface area contributed by atoms with E-state index in [0.717, 1.165) is 25.0 Å². The largest absolute Gasteiger partial charge is 0.387 e. The zero-order chi connectivity index (χ0) is 9.84. The molecule has 4 heteroatoms. The van der Waals surface area contributed by atoms with E-state index in [1.807, 2.05) is 13.0 Å².